The summed E-state index contributed by atoms with van der Waals surface area (Å²) in [7, 11) is 0. The molecular formula is C16H28Br2O4. The van der Waals surface area contributed by atoms with E-state index in [4.69, 9.17) is 9.47 Å². The molecule has 0 spiro atoms. The summed E-state index contributed by atoms with van der Waals surface area (Å²) in [6.07, 6.45) is 8.31. The number of unbranched alkanes of at least 4 members (excludes halogenated alkanes) is 5. The van der Waals surface area contributed by atoms with Gasteiger partial charge in [-0.15, -0.1) is 0 Å². The van der Waals surface area contributed by atoms with Gasteiger partial charge in [0, 0.05) is 23.5 Å². The van der Waals surface area contributed by atoms with Gasteiger partial charge in [0.1, 0.15) is 0 Å². The fourth-order valence-electron chi connectivity index (χ4n) is 1.80. The Morgan fingerprint density at radius 1 is 0.591 bits per heavy atom. The van der Waals surface area contributed by atoms with Crippen LogP contribution in [0.4, 0.5) is 0 Å². The van der Waals surface area contributed by atoms with Crippen molar-refractivity contribution in [2.24, 2.45) is 0 Å². The van der Waals surface area contributed by atoms with Crippen molar-refractivity contribution in [1.82, 2.24) is 0 Å². The first-order valence-electron chi connectivity index (χ1n) is 8.14. The third-order valence-corrected chi connectivity index (χ3v) is 4.22. The number of alkyl halides is 2. The van der Waals surface area contributed by atoms with Gasteiger partial charge in [0.25, 0.3) is 0 Å². The van der Waals surface area contributed by atoms with Gasteiger partial charge in [0.15, 0.2) is 0 Å². The Hall–Kier alpha value is -0.100. The Bertz CT molecular complexity index is 257. The maximum absolute atomic E-state index is 11.4. The summed E-state index contributed by atoms with van der Waals surface area (Å²) < 4.78 is 10.2. The number of hydrogen-bond donors (Lipinski definition) is 0. The summed E-state index contributed by atoms with van der Waals surface area (Å²) in [4.78, 5) is 22.9. The summed E-state index contributed by atoms with van der Waals surface area (Å²) in [5, 5.41) is 1.99. The fraction of sp³-hybridized carbons (Fsp3) is 0.875. The maximum atomic E-state index is 11.4. The molecule has 0 amide bonds. The normalized spacial score (nSPS) is 10.5. The molecule has 0 aromatic rings. The zero-order chi connectivity index (χ0) is 16.5. The zero-order valence-electron chi connectivity index (χ0n) is 13.3. The summed E-state index contributed by atoms with van der Waals surface area (Å²) in [5.41, 5.74) is 0. The fourth-order valence-corrected chi connectivity index (χ4v) is 2.59. The highest BCUT2D eigenvalue weighted by Gasteiger charge is 2.06. The van der Waals surface area contributed by atoms with Crippen molar-refractivity contribution < 1.29 is 19.1 Å². The van der Waals surface area contributed by atoms with E-state index in [-0.39, 0.29) is 11.9 Å². The van der Waals surface area contributed by atoms with E-state index in [0.717, 1.165) is 49.2 Å². The van der Waals surface area contributed by atoms with Crippen LogP contribution in [0.15, 0.2) is 0 Å². The van der Waals surface area contributed by atoms with E-state index >= 15 is 0 Å². The Morgan fingerprint density at radius 3 is 1.36 bits per heavy atom. The lowest BCUT2D eigenvalue weighted by Crippen LogP contribution is -2.08. The van der Waals surface area contributed by atoms with Crippen LogP contribution in [0, 0.1) is 0 Å². The molecule has 6 heteroatoms. The van der Waals surface area contributed by atoms with Crippen LogP contribution in [0.2, 0.25) is 0 Å². The summed E-state index contributed by atoms with van der Waals surface area (Å²) in [6, 6.07) is 0. The lowest BCUT2D eigenvalue weighted by Gasteiger charge is -2.05. The molecule has 0 fully saturated rings. The molecule has 0 aliphatic carbocycles. The second kappa shape index (κ2) is 17.3. The van der Waals surface area contributed by atoms with Crippen LogP contribution in [-0.4, -0.2) is 35.8 Å². The highest BCUT2D eigenvalue weighted by molar-refractivity contribution is 9.09. The first kappa shape index (κ1) is 21.9. The molecule has 130 valence electrons. The van der Waals surface area contributed by atoms with Crippen molar-refractivity contribution in [3.05, 3.63) is 0 Å². The van der Waals surface area contributed by atoms with Crippen LogP contribution < -0.4 is 0 Å². The highest BCUT2D eigenvalue weighted by Crippen LogP contribution is 2.05. The van der Waals surface area contributed by atoms with Crippen LogP contribution >= 0.6 is 31.9 Å². The van der Waals surface area contributed by atoms with Gasteiger partial charge in [-0.2, -0.15) is 0 Å². The van der Waals surface area contributed by atoms with E-state index in [1.54, 1.807) is 0 Å². The average Bonchev–Trinajstić information content (AvgIpc) is 2.51. The van der Waals surface area contributed by atoms with Crippen molar-refractivity contribution in [2.45, 2.75) is 64.2 Å². The zero-order valence-corrected chi connectivity index (χ0v) is 16.5. The second-order valence-electron chi connectivity index (χ2n) is 5.15. The minimum absolute atomic E-state index is 0.165. The smallest absolute Gasteiger partial charge is 0.305 e. The molecule has 0 aliphatic heterocycles. The number of ether oxygens (including phenoxy) is 2. The van der Waals surface area contributed by atoms with Crippen molar-refractivity contribution in [3.8, 4) is 0 Å². The van der Waals surface area contributed by atoms with E-state index in [9.17, 15) is 9.59 Å². The number of rotatable bonds is 15. The molecule has 0 bridgehead atoms. The Morgan fingerprint density at radius 2 is 1.00 bits per heavy atom. The van der Waals surface area contributed by atoms with E-state index in [1.165, 1.54) is 0 Å². The molecule has 4 nitrogen and oxygen atoms in total. The molecule has 0 radical (unpaired) electrons. The summed E-state index contributed by atoms with van der Waals surface area (Å²) in [6.45, 7) is 1.00. The predicted octanol–water partition coefficient (Wildman–Crippen LogP) is 4.76. The Kier molecular flexibility index (Phi) is 17.2. The minimum Gasteiger partial charge on any atom is -0.466 e. The van der Waals surface area contributed by atoms with Crippen LogP contribution in [0.25, 0.3) is 0 Å². The Balaban J connectivity index is 3.32. The van der Waals surface area contributed by atoms with Crippen molar-refractivity contribution in [2.75, 3.05) is 23.9 Å². The van der Waals surface area contributed by atoms with Crippen LogP contribution in [0.3, 0.4) is 0 Å². The Labute approximate surface area is 150 Å². The summed E-state index contributed by atoms with van der Waals surface area (Å²) >= 11 is 6.73. The van der Waals surface area contributed by atoms with Gasteiger partial charge in [-0.05, 0) is 51.4 Å². The molecule has 0 N–H and O–H groups in total. The van der Waals surface area contributed by atoms with Gasteiger partial charge in [-0.3, -0.25) is 9.59 Å². The molecule has 0 unspecified atom stereocenters. The number of hydrogen-bond acceptors (Lipinski definition) is 4. The first-order valence-corrected chi connectivity index (χ1v) is 10.4. The van der Waals surface area contributed by atoms with Crippen molar-refractivity contribution >= 4 is 43.8 Å². The third kappa shape index (κ3) is 16.3. The van der Waals surface area contributed by atoms with Crippen LogP contribution in [0.1, 0.15) is 64.2 Å². The first-order chi connectivity index (χ1) is 10.7. The molecule has 0 saturated carbocycles. The third-order valence-electron chi connectivity index (χ3n) is 3.09. The van der Waals surface area contributed by atoms with Crippen LogP contribution in [-0.2, 0) is 19.1 Å². The molecule has 0 heterocycles. The molecule has 0 atom stereocenters. The number of halogens is 2. The van der Waals surface area contributed by atoms with Crippen LogP contribution in [0.5, 0.6) is 0 Å². The molecule has 0 aromatic carbocycles. The quantitative estimate of drug-likeness (QED) is 0.208. The topological polar surface area (TPSA) is 52.6 Å². The minimum atomic E-state index is -0.165. The molecule has 0 aromatic heterocycles. The predicted molar refractivity (Wildman–Crippen MR) is 95.7 cm³/mol. The van der Waals surface area contributed by atoms with E-state index < -0.39 is 0 Å². The van der Waals surface area contributed by atoms with Gasteiger partial charge in [0.05, 0.1) is 13.2 Å². The van der Waals surface area contributed by atoms with Gasteiger partial charge in [-0.25, -0.2) is 0 Å². The van der Waals surface area contributed by atoms with Crippen molar-refractivity contribution in [3.63, 3.8) is 0 Å². The van der Waals surface area contributed by atoms with Gasteiger partial charge in [0.2, 0.25) is 0 Å². The SMILES string of the molecule is O=C(CCCCC(=O)OCCCCCBr)OCCCCCBr. The maximum Gasteiger partial charge on any atom is 0.305 e. The highest BCUT2D eigenvalue weighted by atomic mass is 79.9. The van der Waals surface area contributed by atoms with Crippen molar-refractivity contribution in [1.29, 1.82) is 0 Å². The van der Waals surface area contributed by atoms with E-state index in [0.29, 0.717) is 38.9 Å². The average molecular weight is 444 g/mol. The largest absolute Gasteiger partial charge is 0.466 e. The molecule has 0 aliphatic rings. The van der Waals surface area contributed by atoms with E-state index in [1.807, 2.05) is 0 Å². The molecule has 0 rings (SSSR count). The number of esters is 2. The monoisotopic (exact) mass is 442 g/mol. The van der Waals surface area contributed by atoms with Gasteiger partial charge < -0.3 is 9.47 Å². The second-order valence-corrected chi connectivity index (χ2v) is 6.73. The van der Waals surface area contributed by atoms with Gasteiger partial charge in [-0.1, -0.05) is 31.9 Å². The number of carbonyl (C=O) groups excluding carboxylic acids is 2. The standard InChI is InChI=1S/C16H28Br2O4/c17-11-5-1-7-13-21-15(19)9-3-4-10-16(20)22-14-8-2-6-12-18/h1-14H2. The molecule has 0 saturated heterocycles. The lowest BCUT2D eigenvalue weighted by atomic mass is 10.2. The van der Waals surface area contributed by atoms with E-state index in [2.05, 4.69) is 31.9 Å². The lowest BCUT2D eigenvalue weighted by molar-refractivity contribution is -0.146. The van der Waals surface area contributed by atoms with Gasteiger partial charge >= 0.3 is 11.9 Å². The number of carbonyl (C=O) groups is 2. The molecule has 22 heavy (non-hydrogen) atoms. The summed E-state index contributed by atoms with van der Waals surface area (Å²) in [5.74, 6) is -0.330. The molecular weight excluding hydrogens is 416 g/mol.